The molecule has 3 N–H and O–H groups in total. The number of nitrogens with one attached hydrogen (secondary N) is 2. The first kappa shape index (κ1) is 21.3. The number of anilines is 2. The number of carbonyl (C=O) groups excluding carboxylic acids is 1. The Morgan fingerprint density at radius 1 is 1.39 bits per heavy atom. The van der Waals surface area contributed by atoms with Crippen molar-refractivity contribution in [1.29, 1.82) is 0 Å². The second kappa shape index (κ2) is 8.64. The van der Waals surface area contributed by atoms with Crippen molar-refractivity contribution in [3.05, 3.63) is 46.7 Å². The molecule has 0 spiro atoms. The predicted molar refractivity (Wildman–Crippen MR) is 117 cm³/mol. The summed E-state index contributed by atoms with van der Waals surface area (Å²) in [6, 6.07) is 7.65. The highest BCUT2D eigenvalue weighted by atomic mass is 32.1. The van der Waals surface area contributed by atoms with Gasteiger partial charge in [-0.3, -0.25) is 5.32 Å². The first-order valence-electron chi connectivity index (χ1n) is 10.1. The number of aromatic nitrogens is 2. The van der Waals surface area contributed by atoms with E-state index in [1.54, 1.807) is 19.1 Å². The van der Waals surface area contributed by atoms with Crippen LogP contribution in [0.3, 0.4) is 0 Å². The van der Waals surface area contributed by atoms with Crippen LogP contribution in [0.15, 0.2) is 34.9 Å². The van der Waals surface area contributed by atoms with Gasteiger partial charge < -0.3 is 19.8 Å². The monoisotopic (exact) mass is 445 g/mol. The molecule has 0 radical (unpaired) electrons. The molecule has 0 unspecified atom stereocenters. The number of benzene rings is 1. The van der Waals surface area contributed by atoms with Gasteiger partial charge in [0.1, 0.15) is 5.82 Å². The summed E-state index contributed by atoms with van der Waals surface area (Å²) in [5, 5.41) is 19.4. The molecule has 0 saturated carbocycles. The zero-order chi connectivity index (χ0) is 22.1. The Balaban J connectivity index is 1.52. The van der Waals surface area contributed by atoms with Crippen LogP contribution < -0.4 is 15.5 Å². The number of urea groups is 1. The number of hydrogen-bond acceptors (Lipinski definition) is 7. The van der Waals surface area contributed by atoms with Gasteiger partial charge in [-0.2, -0.15) is 0 Å². The van der Waals surface area contributed by atoms with E-state index in [1.165, 1.54) is 23.5 Å². The molecule has 1 aromatic carbocycles. The highest BCUT2D eigenvalue weighted by Crippen LogP contribution is 2.41. The molecule has 2 amide bonds. The van der Waals surface area contributed by atoms with Crippen LogP contribution in [-0.4, -0.2) is 40.0 Å². The van der Waals surface area contributed by atoms with Crippen molar-refractivity contribution in [2.45, 2.75) is 45.4 Å². The molecule has 0 fully saturated rings. The number of thiazole rings is 1. The number of amides is 2. The van der Waals surface area contributed by atoms with E-state index in [9.17, 15) is 14.3 Å². The third-order valence-electron chi connectivity index (χ3n) is 5.16. The maximum atomic E-state index is 13.2. The number of hydrogen-bond donors (Lipinski definition) is 3. The molecule has 2 aromatic heterocycles. The van der Waals surface area contributed by atoms with Gasteiger partial charge in [-0.25, -0.2) is 14.2 Å². The van der Waals surface area contributed by atoms with Crippen molar-refractivity contribution in [1.82, 2.24) is 15.5 Å². The van der Waals surface area contributed by atoms with E-state index >= 15 is 0 Å². The van der Waals surface area contributed by atoms with Gasteiger partial charge in [0.15, 0.2) is 16.7 Å². The lowest BCUT2D eigenvalue weighted by Gasteiger charge is -2.37. The Morgan fingerprint density at radius 2 is 2.13 bits per heavy atom. The molecule has 1 aliphatic rings. The third-order valence-corrected chi connectivity index (χ3v) is 6.34. The van der Waals surface area contributed by atoms with Crippen molar-refractivity contribution in [3.8, 4) is 11.3 Å². The lowest BCUT2D eigenvalue weighted by Crippen LogP contribution is -2.40. The van der Waals surface area contributed by atoms with Crippen molar-refractivity contribution in [2.75, 3.05) is 16.8 Å². The SMILES string of the molecule is C[C@@H]1Cc2nc(NC(=O)NC[C@@H](C)O)sc2[C@H](C)N1c1cc(-c2ccc(F)cc2)on1. The summed E-state index contributed by atoms with van der Waals surface area (Å²) in [5.41, 5.74) is 1.71. The highest BCUT2D eigenvalue weighted by Gasteiger charge is 2.34. The summed E-state index contributed by atoms with van der Waals surface area (Å²) in [6.07, 6.45) is 0.0817. The fourth-order valence-corrected chi connectivity index (χ4v) is 4.76. The smallest absolute Gasteiger partial charge is 0.321 e. The van der Waals surface area contributed by atoms with Crippen LogP contribution in [0.1, 0.15) is 37.4 Å². The van der Waals surface area contributed by atoms with Gasteiger partial charge in [-0.15, -0.1) is 0 Å². The molecule has 0 bridgehead atoms. The van der Waals surface area contributed by atoms with Gasteiger partial charge in [0.05, 0.1) is 22.7 Å². The molecule has 31 heavy (non-hydrogen) atoms. The van der Waals surface area contributed by atoms with E-state index in [4.69, 9.17) is 4.52 Å². The normalized spacial score (nSPS) is 19.1. The van der Waals surface area contributed by atoms with Crippen LogP contribution in [0.25, 0.3) is 11.3 Å². The number of nitrogens with zero attached hydrogens (tertiary/aromatic N) is 3. The Kier molecular flexibility index (Phi) is 5.92. The van der Waals surface area contributed by atoms with Crippen LogP contribution in [0.4, 0.5) is 20.1 Å². The largest absolute Gasteiger partial charge is 0.392 e. The van der Waals surface area contributed by atoms with Crippen LogP contribution in [0.5, 0.6) is 0 Å². The number of fused-ring (bicyclic) bond motifs is 1. The summed E-state index contributed by atoms with van der Waals surface area (Å²) in [7, 11) is 0. The van der Waals surface area contributed by atoms with Crippen molar-refractivity contribution < 1.29 is 18.8 Å². The standard InChI is InChI=1S/C21H24FN5O3S/c1-11-8-16-19(31-21(24-16)25-20(29)23-10-12(2)28)13(3)27(11)18-9-17(30-26-18)14-4-6-15(22)7-5-14/h4-7,9,11-13,28H,8,10H2,1-3H3,(H2,23,24,25,29)/t11-,12-,13+/m1/s1. The van der Waals surface area contributed by atoms with Crippen LogP contribution >= 0.6 is 11.3 Å². The highest BCUT2D eigenvalue weighted by molar-refractivity contribution is 7.16. The number of aliphatic hydroxyl groups is 1. The molecule has 3 atom stereocenters. The molecule has 1 aliphatic heterocycles. The molecular formula is C21H24FN5O3S. The van der Waals surface area contributed by atoms with Crippen LogP contribution in [0.2, 0.25) is 0 Å². The second-order valence-corrected chi connectivity index (χ2v) is 8.74. The molecule has 8 nitrogen and oxygen atoms in total. The molecule has 4 rings (SSSR count). The van der Waals surface area contributed by atoms with Gasteiger partial charge >= 0.3 is 6.03 Å². The average Bonchev–Trinajstić information content (AvgIpc) is 3.34. The first-order chi connectivity index (χ1) is 14.8. The predicted octanol–water partition coefficient (Wildman–Crippen LogP) is 3.95. The van der Waals surface area contributed by atoms with E-state index in [0.29, 0.717) is 23.1 Å². The fraction of sp³-hybridized carbons (Fsp3) is 0.381. The minimum Gasteiger partial charge on any atom is -0.392 e. The summed E-state index contributed by atoms with van der Waals surface area (Å²) in [5.74, 6) is 0.965. The number of aliphatic hydroxyl groups excluding tert-OH is 1. The van der Waals surface area contributed by atoms with E-state index in [1.807, 2.05) is 6.07 Å². The van der Waals surface area contributed by atoms with Gasteiger partial charge in [0.2, 0.25) is 0 Å². The summed E-state index contributed by atoms with van der Waals surface area (Å²) >= 11 is 1.42. The summed E-state index contributed by atoms with van der Waals surface area (Å²) < 4.78 is 18.7. The molecular weight excluding hydrogens is 421 g/mol. The minimum absolute atomic E-state index is 0.0153. The number of carbonyl (C=O) groups is 1. The average molecular weight is 446 g/mol. The molecule has 10 heteroatoms. The third kappa shape index (κ3) is 4.54. The Morgan fingerprint density at radius 3 is 2.84 bits per heavy atom. The quantitative estimate of drug-likeness (QED) is 0.549. The van der Waals surface area contributed by atoms with Crippen molar-refractivity contribution >= 4 is 28.3 Å². The maximum Gasteiger partial charge on any atom is 0.321 e. The molecule has 3 heterocycles. The van der Waals surface area contributed by atoms with Gasteiger partial charge in [-0.1, -0.05) is 16.5 Å². The van der Waals surface area contributed by atoms with Gasteiger partial charge in [-0.05, 0) is 45.0 Å². The van der Waals surface area contributed by atoms with E-state index in [0.717, 1.165) is 16.1 Å². The number of halogens is 1. The Bertz CT molecular complexity index is 1070. The summed E-state index contributed by atoms with van der Waals surface area (Å²) in [4.78, 5) is 19.8. The van der Waals surface area contributed by atoms with Crippen molar-refractivity contribution in [3.63, 3.8) is 0 Å². The Labute approximate surface area is 183 Å². The Hall–Kier alpha value is -2.98. The van der Waals surface area contributed by atoms with E-state index < -0.39 is 12.1 Å². The van der Waals surface area contributed by atoms with Gasteiger partial charge in [0, 0.05) is 30.6 Å². The van der Waals surface area contributed by atoms with Crippen LogP contribution in [0, 0.1) is 5.82 Å². The maximum absolute atomic E-state index is 13.2. The second-order valence-electron chi connectivity index (χ2n) is 7.71. The molecule has 164 valence electrons. The first-order valence-corrected chi connectivity index (χ1v) is 10.9. The summed E-state index contributed by atoms with van der Waals surface area (Å²) in [6.45, 7) is 5.93. The lowest BCUT2D eigenvalue weighted by molar-refractivity contribution is 0.190. The fourth-order valence-electron chi connectivity index (χ4n) is 3.72. The van der Waals surface area contributed by atoms with Crippen molar-refractivity contribution in [2.24, 2.45) is 0 Å². The van der Waals surface area contributed by atoms with E-state index in [-0.39, 0.29) is 24.4 Å². The number of rotatable bonds is 5. The zero-order valence-corrected chi connectivity index (χ0v) is 18.2. The van der Waals surface area contributed by atoms with Crippen LogP contribution in [-0.2, 0) is 6.42 Å². The zero-order valence-electron chi connectivity index (χ0n) is 17.4. The lowest BCUT2D eigenvalue weighted by atomic mass is 10.00. The van der Waals surface area contributed by atoms with E-state index in [2.05, 4.69) is 39.5 Å². The topological polar surface area (TPSA) is 104 Å². The molecule has 0 aliphatic carbocycles. The molecule has 3 aromatic rings. The molecule has 0 saturated heterocycles. The minimum atomic E-state index is -0.619. The van der Waals surface area contributed by atoms with Gasteiger partial charge in [0.25, 0.3) is 0 Å².